The van der Waals surface area contributed by atoms with E-state index in [-0.39, 0.29) is 35.9 Å². The standard InChI is InChI=1S/C13H17BCl2N5O12P3.4H3N/c1-28-12-31-7-5(2-29-36(14,27)33-35(25,26)13(15,16)34(22,23)24)30-11(8(7)32-12)21-4-20-6-9(17)18-3-19-10(6)21;;;;/h3-5,7-8,11-12H,2H2,1H3,(H,25,26)(H2,17,18,19)(H2,22,23,24);4*1H3/q-1;;;;/p+1/t5-,7-,8-,11-,12?,36?;;;;/m1..../s1. The van der Waals surface area contributed by atoms with Crippen molar-refractivity contribution in [2.24, 2.45) is 0 Å². The van der Waals surface area contributed by atoms with Crippen LogP contribution >= 0.6 is 45.9 Å². The molecule has 0 spiro atoms. The van der Waals surface area contributed by atoms with Crippen LogP contribution < -0.4 is 30.3 Å². The van der Waals surface area contributed by atoms with Crippen LogP contribution in [0.5, 0.6) is 0 Å². The van der Waals surface area contributed by atoms with Crippen molar-refractivity contribution in [3.63, 3.8) is 0 Å². The summed E-state index contributed by atoms with van der Waals surface area (Å²) in [6.45, 7) is -1.79. The average Bonchev–Trinajstić information content (AvgIpc) is 3.44. The smallest absolute Gasteiger partial charge is 0.381 e. The topological polar surface area (TPSA) is 378 Å². The maximum atomic E-state index is 12.5. The maximum Gasteiger partial charge on any atom is 0.381 e. The number of nitrogen functional groups attached to an aromatic ring is 1. The van der Waals surface area contributed by atoms with Gasteiger partial charge in [0.25, 0.3) is 6.48 Å². The molecule has 7 atom stereocenters. The summed E-state index contributed by atoms with van der Waals surface area (Å²) in [4.78, 5) is 40.2. The van der Waals surface area contributed by atoms with Crippen molar-refractivity contribution in [2.45, 2.75) is 34.8 Å². The van der Waals surface area contributed by atoms with Crippen molar-refractivity contribution in [3.8, 4) is 0 Å². The van der Waals surface area contributed by atoms with Crippen LogP contribution in [0.3, 0.4) is 0 Å². The minimum atomic E-state index is -5.72. The molecule has 0 aliphatic carbocycles. The molecule has 40 heavy (non-hydrogen) atoms. The fraction of sp³-hybridized carbons (Fsp3) is 0.615. The summed E-state index contributed by atoms with van der Waals surface area (Å²) in [5.41, 5.74) is 6.40. The van der Waals surface area contributed by atoms with Crippen molar-refractivity contribution >= 4 is 70.4 Å². The molecule has 2 fully saturated rings. The molecule has 2 aromatic heterocycles. The number of methoxy groups -OCH3 is 1. The summed E-state index contributed by atoms with van der Waals surface area (Å²) < 4.78 is 65.4. The van der Waals surface area contributed by atoms with E-state index in [1.54, 1.807) is 0 Å². The number of ether oxygens (including phenoxy) is 4. The number of aromatic nitrogens is 4. The first-order valence-electron chi connectivity index (χ1n) is 9.51. The Balaban J connectivity index is 0.00000380. The van der Waals surface area contributed by atoms with Crippen molar-refractivity contribution in [3.05, 3.63) is 12.7 Å². The van der Waals surface area contributed by atoms with Crippen molar-refractivity contribution < 1.29 is 56.2 Å². The van der Waals surface area contributed by atoms with Gasteiger partial charge < -0.3 is 80.6 Å². The molecular formula is C13H30BCl2N9O12P3. The first-order valence-corrected chi connectivity index (χ1v) is 15.1. The molecule has 4 rings (SSSR count). The second-order valence-corrected chi connectivity index (χ2v) is 15.6. The summed E-state index contributed by atoms with van der Waals surface area (Å²) in [5.74, 6) is 0.117. The number of fused-ring (bicyclic) bond motifs is 2. The molecule has 27 heteroatoms. The predicted octanol–water partition coefficient (Wildman–Crippen LogP) is 1.64. The second kappa shape index (κ2) is 13.6. The molecule has 18 N–H and O–H groups in total. The van der Waals surface area contributed by atoms with Crippen molar-refractivity contribution in [2.75, 3.05) is 19.5 Å². The molecule has 231 valence electrons. The van der Waals surface area contributed by atoms with Crippen molar-refractivity contribution in [1.82, 2.24) is 44.1 Å². The Morgan fingerprint density at radius 2 is 1.70 bits per heavy atom. The number of hydrogen-bond acceptors (Lipinski definition) is 16. The number of halogens is 2. The summed E-state index contributed by atoms with van der Waals surface area (Å²) >= 11 is 10.6. The van der Waals surface area contributed by atoms with E-state index < -0.39 is 64.1 Å². The number of quaternary nitrogens is 1. The van der Waals surface area contributed by atoms with E-state index in [2.05, 4.69) is 19.3 Å². The largest absolute Gasteiger partial charge is 0.443 e. The Labute approximate surface area is 237 Å². The third kappa shape index (κ3) is 7.20. The van der Waals surface area contributed by atoms with Crippen LogP contribution in [-0.2, 0) is 41.5 Å². The molecule has 0 bridgehead atoms. The van der Waals surface area contributed by atoms with Gasteiger partial charge in [-0.15, -0.1) is 0 Å². The molecule has 3 radical (unpaired) electrons. The Morgan fingerprint density at radius 1 is 1.10 bits per heavy atom. The summed E-state index contributed by atoms with van der Waals surface area (Å²) in [6.07, 6.45) is -1.20. The molecule has 2 aliphatic heterocycles. The lowest BCUT2D eigenvalue weighted by molar-refractivity contribution is -0.256. The number of nitrogens with zero attached hydrogens (tertiary/aromatic N) is 4. The van der Waals surface area contributed by atoms with Crippen molar-refractivity contribution in [1.29, 1.82) is 0 Å². The lowest BCUT2D eigenvalue weighted by Gasteiger charge is -2.33. The van der Waals surface area contributed by atoms with Crippen LogP contribution in [0, 0.1) is 0 Å². The van der Waals surface area contributed by atoms with E-state index in [1.807, 2.05) is 0 Å². The van der Waals surface area contributed by atoms with E-state index in [9.17, 15) is 18.6 Å². The molecule has 0 aromatic carbocycles. The van der Waals surface area contributed by atoms with E-state index in [0.29, 0.717) is 5.65 Å². The van der Waals surface area contributed by atoms with E-state index >= 15 is 0 Å². The zero-order valence-electron chi connectivity index (χ0n) is 20.9. The zero-order valence-corrected chi connectivity index (χ0v) is 25.1. The van der Waals surface area contributed by atoms with Gasteiger partial charge in [-0.1, -0.05) is 23.2 Å². The average molecular weight is 679 g/mol. The van der Waals surface area contributed by atoms with Gasteiger partial charge in [0, 0.05) is 7.11 Å². The highest BCUT2D eigenvalue weighted by molar-refractivity contribution is 7.88. The van der Waals surface area contributed by atoms with Gasteiger partial charge >= 0.3 is 19.0 Å². The molecule has 2 aliphatic rings. The van der Waals surface area contributed by atoms with Gasteiger partial charge in [0.15, 0.2) is 17.7 Å². The van der Waals surface area contributed by atoms with E-state index in [4.69, 9.17) is 69.8 Å². The third-order valence-corrected chi connectivity index (χ3v) is 12.8. The SMILES string of the molecule is N.N.N.[B-]P(=O)(OC[C@H]1O[C@@H](n2cnc3c(N)ncnc32)[C@@H]2OC(OC)O[C@@H]21)OP(=O)(O)C(Cl)(Cl)P(=O)(O)O.[NH4+]. The normalized spacial score (nSPS) is 27.2. The maximum absolute atomic E-state index is 12.5. The molecule has 2 aromatic rings. The first kappa shape index (κ1) is 39.2. The molecule has 21 nitrogen and oxygen atoms in total. The highest BCUT2D eigenvalue weighted by Crippen LogP contribution is 2.79. The minimum Gasteiger partial charge on any atom is -0.443 e. The van der Waals surface area contributed by atoms with Gasteiger partial charge in [0.05, 0.1) is 20.4 Å². The zero-order chi connectivity index (χ0) is 26.7. The first-order chi connectivity index (χ1) is 16.6. The number of alkyl halides is 2. The van der Waals surface area contributed by atoms with Crippen LogP contribution in [0.2, 0.25) is 0 Å². The van der Waals surface area contributed by atoms with Crippen LogP contribution in [-0.4, -0.2) is 84.1 Å². The highest BCUT2D eigenvalue weighted by atomic mass is 35.5. The molecule has 3 unspecified atom stereocenters. The Morgan fingerprint density at radius 3 is 2.27 bits per heavy atom. The molecule has 2 saturated heterocycles. The Hall–Kier alpha value is -0.835. The number of rotatable bonds is 9. The molecule has 0 saturated carbocycles. The lowest BCUT2D eigenvalue weighted by atomic mass is 10.1. The van der Waals surface area contributed by atoms with Crippen LogP contribution in [0.15, 0.2) is 12.7 Å². The number of anilines is 1. The fourth-order valence-corrected chi connectivity index (χ4v) is 7.77. The van der Waals surface area contributed by atoms with Crippen LogP contribution in [0.1, 0.15) is 6.23 Å². The van der Waals surface area contributed by atoms with Gasteiger partial charge in [-0.25, -0.2) is 15.0 Å². The molecule has 0 amide bonds. The number of hydrogen-bond donors (Lipinski definition) is 8. The van der Waals surface area contributed by atoms with E-state index in [0.717, 1.165) is 0 Å². The second-order valence-electron chi connectivity index (χ2n) is 7.37. The summed E-state index contributed by atoms with van der Waals surface area (Å²) in [5, 5.41) is 0. The number of imidazole rings is 1. The van der Waals surface area contributed by atoms with Gasteiger partial charge in [-0.3, -0.25) is 18.0 Å². The Bertz CT molecular complexity index is 1310. The van der Waals surface area contributed by atoms with E-state index in [1.165, 1.54) is 24.3 Å². The third-order valence-electron chi connectivity index (χ3n) is 5.01. The monoisotopic (exact) mass is 678 g/mol. The summed E-state index contributed by atoms with van der Waals surface area (Å²) in [6, 6.07) is 0. The molecular weight excluding hydrogens is 649 g/mol. The van der Waals surface area contributed by atoms with Crippen LogP contribution in [0.25, 0.3) is 11.2 Å². The summed E-state index contributed by atoms with van der Waals surface area (Å²) in [7, 11) is -9.71. The van der Waals surface area contributed by atoms with Gasteiger partial charge in [0.1, 0.15) is 30.2 Å². The quantitative estimate of drug-likeness (QED) is 0.106. The van der Waals surface area contributed by atoms with Gasteiger partial charge in [0.2, 0.25) is 0 Å². The number of nitrogens with two attached hydrogens (primary N) is 1. The van der Waals surface area contributed by atoms with Gasteiger partial charge in [-0.2, -0.15) is 0 Å². The Kier molecular flexibility index (Phi) is 13.4. The van der Waals surface area contributed by atoms with Crippen LogP contribution in [0.4, 0.5) is 5.82 Å². The molecule has 4 heterocycles. The fourth-order valence-electron chi connectivity index (χ4n) is 3.40. The lowest BCUT2D eigenvalue weighted by Crippen LogP contribution is -2.32. The highest BCUT2D eigenvalue weighted by Gasteiger charge is 2.61. The minimum absolute atomic E-state index is 0. The van der Waals surface area contributed by atoms with Gasteiger partial charge in [-0.05, 0) is 0 Å². The predicted molar refractivity (Wildman–Crippen MR) is 142 cm³/mol.